The second-order valence-electron chi connectivity index (χ2n) is 20.5. The predicted octanol–water partition coefficient (Wildman–Crippen LogP) is 14.2. The lowest BCUT2D eigenvalue weighted by molar-refractivity contribution is 0.126. The van der Waals surface area contributed by atoms with Gasteiger partial charge < -0.3 is 73.4 Å². The van der Waals surface area contributed by atoms with Crippen LogP contribution in [0.5, 0.6) is 0 Å². The van der Waals surface area contributed by atoms with Crippen LogP contribution in [-0.4, -0.2) is 125 Å². The molecule has 4 aromatic carbocycles. The fourth-order valence-corrected chi connectivity index (χ4v) is 39.3. The number of halogens is 10. The molecule has 30 nitrogen and oxygen atoms in total. The van der Waals surface area contributed by atoms with Gasteiger partial charge in [0.15, 0.2) is 46.5 Å². The molecule has 5 atom stereocenters. The maximum absolute atomic E-state index is 14.1. The molecule has 0 bridgehead atoms. The van der Waals surface area contributed by atoms with Crippen LogP contribution >= 0.6 is 123 Å². The van der Waals surface area contributed by atoms with Gasteiger partial charge in [0.1, 0.15) is 11.4 Å². The highest BCUT2D eigenvalue weighted by molar-refractivity contribution is 8.86. The Morgan fingerprint density at radius 2 is 0.537 bits per heavy atom. The van der Waals surface area contributed by atoms with Gasteiger partial charge >= 0.3 is 67.6 Å². The lowest BCUT2D eigenvalue weighted by Gasteiger charge is -2.46. The summed E-state index contributed by atoms with van der Waals surface area (Å²) >= 11 is -2.33. The smallest absolute Gasteiger partial charge is 0.325 e. The first-order valence-corrected chi connectivity index (χ1v) is 50.7. The molecule has 0 heterocycles. The zero-order valence-corrected chi connectivity index (χ0v) is 63.3. The molecule has 0 aliphatic rings. The maximum atomic E-state index is 14.1. The molecule has 0 fully saturated rings. The van der Waals surface area contributed by atoms with E-state index in [0.717, 1.165) is 9.34 Å². The summed E-state index contributed by atoms with van der Waals surface area (Å²) in [5.74, 6) is -29.7. The number of para-hydroxylation sites is 2. The number of rotatable bonds is 21. The maximum Gasteiger partial charge on any atom is 0.394 e. The molecule has 4 rings (SSSR count). The van der Waals surface area contributed by atoms with E-state index in [1.165, 1.54) is 23.4 Å². The highest BCUT2D eigenvalue weighted by Crippen LogP contribution is 2.79. The van der Waals surface area contributed by atoms with Gasteiger partial charge in [-0.2, -0.15) is 0 Å². The fraction of sp³-hybridized carbons (Fsp3) is 0.400. The highest BCUT2D eigenvalue weighted by atomic mass is 33.1. The summed E-state index contributed by atoms with van der Waals surface area (Å²) in [5, 5.41) is 0. The molecule has 95 heavy (non-hydrogen) atoms. The van der Waals surface area contributed by atoms with Gasteiger partial charge in [-0.05, 0) is 108 Å². The monoisotopic (exact) mass is 1670 g/mol. The van der Waals surface area contributed by atoms with Gasteiger partial charge in [-0.25, -0.2) is 85.4 Å². The normalized spacial score (nSPS) is 15.9. The molecule has 0 amide bonds. The van der Waals surface area contributed by atoms with E-state index in [1.807, 2.05) is 0 Å². The molecule has 0 saturated carbocycles. The van der Waals surface area contributed by atoms with E-state index in [2.05, 4.69) is 0 Å². The molecule has 0 radical (unpaired) electrons. The zero-order valence-electron chi connectivity index (χ0n) is 50.2. The van der Waals surface area contributed by atoms with Gasteiger partial charge in [0, 0.05) is 23.2 Å². The van der Waals surface area contributed by atoms with Gasteiger partial charge in [0.2, 0.25) is 11.6 Å². The van der Waals surface area contributed by atoms with Crippen molar-refractivity contribution in [2.24, 2.45) is 0 Å². The third-order valence-corrected chi connectivity index (χ3v) is 46.5. The molecular weight excluding hydrogens is 1610 g/mol. The summed E-state index contributed by atoms with van der Waals surface area (Å²) < 4.78 is 254. The molecule has 55 heteroatoms. The Bertz CT molecular complexity index is 3650. The van der Waals surface area contributed by atoms with Crippen LogP contribution in [-0.2, 0) is 45.7 Å². The third kappa shape index (κ3) is 30.5. The molecule has 548 valence electrons. The van der Waals surface area contributed by atoms with Gasteiger partial charge in [-0.3, -0.25) is 27.5 Å². The molecule has 15 N–H and O–H groups in total. The average Bonchev–Trinajstić information content (AvgIpc) is 0.735. The lowest BCUT2D eigenvalue weighted by atomic mass is 10.0. The molecule has 4 aromatic rings. The summed E-state index contributed by atoms with van der Waals surface area (Å²) in [7, 11) is 2.53. The van der Waals surface area contributed by atoms with Gasteiger partial charge in [0.25, 0.3) is 0 Å². The number of nitrogens with zero attached hydrogens (tertiary/aromatic N) is 5. The van der Waals surface area contributed by atoms with E-state index in [-0.39, 0.29) is 56.1 Å². The second kappa shape index (κ2) is 35.5. The first kappa shape index (κ1) is 94.1. The van der Waals surface area contributed by atoms with E-state index < -0.39 is 164 Å². The van der Waals surface area contributed by atoms with E-state index in [4.69, 9.17) is 53.8 Å². The van der Waals surface area contributed by atoms with Crippen molar-refractivity contribution in [3.63, 3.8) is 0 Å². The van der Waals surface area contributed by atoms with E-state index in [9.17, 15) is 109 Å². The Labute approximate surface area is 553 Å². The molecule has 0 aromatic heterocycles. The van der Waals surface area contributed by atoms with Gasteiger partial charge in [-0.15, -0.1) is 0 Å². The predicted molar refractivity (Wildman–Crippen MR) is 344 cm³/mol. The lowest BCUT2D eigenvalue weighted by Crippen LogP contribution is -2.49. The van der Waals surface area contributed by atoms with Crippen LogP contribution in [0.4, 0.5) is 66.7 Å². The highest BCUT2D eigenvalue weighted by Gasteiger charge is 2.50. The molecular formula is C40H63F10N5O25P10S5. The van der Waals surface area contributed by atoms with Crippen molar-refractivity contribution in [3.8, 4) is 0 Å². The zero-order chi connectivity index (χ0) is 75.7. The standard InChI is InChI=1S/C12H3F10NO5P2S.C12H13NO5P2S.C8H21NO5P2S.C6H17NO5P2S.C2H9NO5P2S/c13-1-3(15)7(19)11(8(20)4(1)16)23(29(24,25)31-30(26,27)28)12-9(21)5(17)2(14)6(18)10(12)22;14-19(15,21-20(16,17)18)13(11-7-3-1-4-8-11)12-9-5-2-6-10-12;1-7(2,3)9(8(4,5)6)15(10,11)17-16(12,13)14;1-5(2)7(6(3)4)13(8,9)15-14(10,11)12;1-3(2)9(4,5)11-10(6,7)8/h(H,24,25)(H2,26,27,28);1-10H,(H,14,15)(H2,16,17,18);1-6H3,(H,10,11)(H2,12,13,14);5-6H,1-4H3,(H,8,9)(H2,10,11,12);1-2H3,(H,4,5)(H2,6,7,8). The summed E-state index contributed by atoms with van der Waals surface area (Å²) in [6.07, 6.45) is 0. The Kier molecular flexibility index (Phi) is 35.2. The molecule has 0 aliphatic carbocycles. The van der Waals surface area contributed by atoms with Gasteiger partial charge in [-0.1, -0.05) is 36.4 Å². The summed E-state index contributed by atoms with van der Waals surface area (Å²) in [5.41, 5.74) is -6.10. The van der Waals surface area contributed by atoms with Crippen LogP contribution < -0.4 is 9.34 Å². The molecule has 5 unspecified atom stereocenters. The Hall–Kier alpha value is -0.890. The largest absolute Gasteiger partial charge is 0.394 e. The van der Waals surface area contributed by atoms with Crippen molar-refractivity contribution in [2.45, 2.75) is 92.4 Å². The van der Waals surface area contributed by atoms with Crippen molar-refractivity contribution in [3.05, 3.63) is 119 Å². The summed E-state index contributed by atoms with van der Waals surface area (Å²) in [6.45, 7) is -30.1. The SMILES string of the molecule is CC(C)(C)N(C(C)(C)C)P(=O)(O)SP(=O)(O)O.CC(C)N(C(C)C)P(=O)(O)SP(=O)(O)O.CN(C)P(=O)(O)SP(=O)(O)O.O=P(O)(O)SP(=O)(O)N(c1c(F)c(F)c(F)c(F)c1F)c1c(F)c(F)c(F)c(F)c1F.O=P(O)(O)SP(=O)(O)N(c1ccccc1)c1ccccc1. The van der Waals surface area contributed by atoms with E-state index in [1.54, 1.807) is 130 Å². The first-order chi connectivity index (χ1) is 41.9. The minimum atomic E-state index is -6.47. The van der Waals surface area contributed by atoms with Crippen LogP contribution in [0.2, 0.25) is 0 Å². The van der Waals surface area contributed by atoms with Crippen LogP contribution in [0.3, 0.4) is 0 Å². The van der Waals surface area contributed by atoms with Crippen molar-refractivity contribution in [1.82, 2.24) is 14.0 Å². The molecule has 0 aliphatic heterocycles. The minimum absolute atomic E-state index is 0.173. The first-order valence-electron chi connectivity index (χ1n) is 24.4. The van der Waals surface area contributed by atoms with Gasteiger partial charge in [0.05, 0.1) is 66.4 Å². The topological polar surface area (TPSA) is 490 Å². The van der Waals surface area contributed by atoms with Crippen LogP contribution in [0.25, 0.3) is 0 Å². The van der Waals surface area contributed by atoms with Crippen molar-refractivity contribution >= 4 is 145 Å². The fourth-order valence-electron chi connectivity index (χ4n) is 7.36. The van der Waals surface area contributed by atoms with Crippen LogP contribution in [0.1, 0.15) is 69.2 Å². The quantitative estimate of drug-likeness (QED) is 0.0159. The van der Waals surface area contributed by atoms with Crippen molar-refractivity contribution in [2.75, 3.05) is 23.4 Å². The van der Waals surface area contributed by atoms with Crippen LogP contribution in [0, 0.1) is 58.2 Å². The minimum Gasteiger partial charge on any atom is -0.325 e. The Balaban J connectivity index is 0.00000122. The summed E-state index contributed by atoms with van der Waals surface area (Å²) in [6, 6.07) is 16.0. The van der Waals surface area contributed by atoms with Crippen molar-refractivity contribution in [1.29, 1.82) is 0 Å². The summed E-state index contributed by atoms with van der Waals surface area (Å²) in [4.78, 5) is 136. The Morgan fingerprint density at radius 3 is 0.747 bits per heavy atom. The molecule has 0 saturated heterocycles. The van der Waals surface area contributed by atoms with E-state index >= 15 is 0 Å². The Morgan fingerprint density at radius 1 is 0.326 bits per heavy atom. The van der Waals surface area contributed by atoms with Crippen molar-refractivity contribution < 1.29 is 163 Å². The van der Waals surface area contributed by atoms with E-state index in [0.29, 0.717) is 11.4 Å². The number of hydrogen-bond donors (Lipinski definition) is 15. The number of benzene rings is 4. The third-order valence-electron chi connectivity index (χ3n) is 9.75. The average molecular weight is 1670 g/mol. The molecule has 0 spiro atoms. The van der Waals surface area contributed by atoms with Crippen LogP contribution in [0.15, 0.2) is 60.7 Å². The number of hydrogen-bond acceptors (Lipinski definition) is 15. The second-order valence-corrected chi connectivity index (χ2v) is 57.7. The number of anilines is 4.